The van der Waals surface area contributed by atoms with Gasteiger partial charge >= 0.3 is 0 Å². The van der Waals surface area contributed by atoms with E-state index in [-0.39, 0.29) is 0 Å². The van der Waals surface area contributed by atoms with Gasteiger partial charge in [-0.2, -0.15) is 0 Å². The molecule has 3 aromatic rings. The molecule has 3 heteroatoms. The Morgan fingerprint density at radius 3 is 2.35 bits per heavy atom. The molecule has 1 aromatic heterocycles. The van der Waals surface area contributed by atoms with Gasteiger partial charge in [-0.15, -0.1) is 0 Å². The van der Waals surface area contributed by atoms with Gasteiger partial charge in [0.1, 0.15) is 12.1 Å². The van der Waals surface area contributed by atoms with Crippen LogP contribution in [0.2, 0.25) is 0 Å². The van der Waals surface area contributed by atoms with E-state index in [9.17, 15) is 0 Å². The molecule has 3 rings (SSSR count). The minimum absolute atomic E-state index is 0.808. The molecule has 0 saturated carbocycles. The van der Waals surface area contributed by atoms with Crippen LogP contribution in [0.25, 0.3) is 22.2 Å². The van der Waals surface area contributed by atoms with Crippen molar-refractivity contribution in [2.24, 2.45) is 0 Å². The molecule has 0 unspecified atom stereocenters. The number of hydrogen-bond donors (Lipinski definition) is 0. The van der Waals surface area contributed by atoms with E-state index >= 15 is 0 Å². The lowest BCUT2D eigenvalue weighted by atomic mass is 10.0. The SMILES string of the molecule is COc1ccc2c(-c3cc(C)cc(C)c3)ncnc2c1. The van der Waals surface area contributed by atoms with Gasteiger partial charge in [-0.3, -0.25) is 0 Å². The Morgan fingerprint density at radius 2 is 1.65 bits per heavy atom. The summed E-state index contributed by atoms with van der Waals surface area (Å²) in [6.45, 7) is 4.20. The Balaban J connectivity index is 2.25. The van der Waals surface area contributed by atoms with Crippen LogP contribution < -0.4 is 4.74 Å². The molecule has 0 spiro atoms. The summed E-state index contributed by atoms with van der Waals surface area (Å²) in [7, 11) is 1.66. The summed E-state index contributed by atoms with van der Waals surface area (Å²) in [5, 5.41) is 1.04. The van der Waals surface area contributed by atoms with Crippen molar-refractivity contribution in [3.63, 3.8) is 0 Å². The van der Waals surface area contributed by atoms with Gasteiger partial charge in [-0.1, -0.05) is 17.2 Å². The van der Waals surface area contributed by atoms with Crippen LogP contribution in [-0.2, 0) is 0 Å². The minimum atomic E-state index is 0.808. The average molecular weight is 264 g/mol. The standard InChI is InChI=1S/C17H16N2O/c1-11-6-12(2)8-13(7-11)17-15-5-4-14(20-3)9-16(15)18-10-19-17/h4-10H,1-3H3. The third-order valence-electron chi connectivity index (χ3n) is 3.34. The largest absolute Gasteiger partial charge is 0.497 e. The van der Waals surface area contributed by atoms with Crippen LogP contribution >= 0.6 is 0 Å². The molecule has 0 amide bonds. The summed E-state index contributed by atoms with van der Waals surface area (Å²) < 4.78 is 5.25. The predicted octanol–water partition coefficient (Wildman–Crippen LogP) is 3.92. The van der Waals surface area contributed by atoms with E-state index in [4.69, 9.17) is 4.74 Å². The molecule has 0 saturated heterocycles. The summed E-state index contributed by atoms with van der Waals surface area (Å²) in [5.74, 6) is 0.808. The maximum Gasteiger partial charge on any atom is 0.121 e. The van der Waals surface area contributed by atoms with E-state index in [1.807, 2.05) is 18.2 Å². The van der Waals surface area contributed by atoms with Crippen molar-refractivity contribution in [2.75, 3.05) is 7.11 Å². The highest BCUT2D eigenvalue weighted by atomic mass is 16.5. The molecule has 0 N–H and O–H groups in total. The first-order chi connectivity index (χ1) is 9.67. The molecule has 2 aromatic carbocycles. The zero-order valence-corrected chi connectivity index (χ0v) is 11.8. The maximum atomic E-state index is 5.25. The van der Waals surface area contributed by atoms with Crippen LogP contribution in [-0.4, -0.2) is 17.1 Å². The van der Waals surface area contributed by atoms with Crippen LogP contribution in [0.3, 0.4) is 0 Å². The molecule has 0 aliphatic heterocycles. The van der Waals surface area contributed by atoms with E-state index in [0.29, 0.717) is 0 Å². The number of nitrogens with zero attached hydrogens (tertiary/aromatic N) is 2. The number of rotatable bonds is 2. The van der Waals surface area contributed by atoms with Crippen molar-refractivity contribution >= 4 is 10.9 Å². The molecule has 0 aliphatic rings. The van der Waals surface area contributed by atoms with Gasteiger partial charge in [0, 0.05) is 17.0 Å². The number of fused-ring (bicyclic) bond motifs is 1. The van der Waals surface area contributed by atoms with E-state index in [0.717, 1.165) is 27.9 Å². The highest BCUT2D eigenvalue weighted by molar-refractivity contribution is 5.92. The lowest BCUT2D eigenvalue weighted by Gasteiger charge is -2.08. The summed E-state index contributed by atoms with van der Waals surface area (Å²) >= 11 is 0. The molecule has 0 bridgehead atoms. The number of ether oxygens (including phenoxy) is 1. The van der Waals surface area contributed by atoms with Crippen molar-refractivity contribution in [1.82, 2.24) is 9.97 Å². The molecule has 3 nitrogen and oxygen atoms in total. The quantitative estimate of drug-likeness (QED) is 0.703. The number of hydrogen-bond acceptors (Lipinski definition) is 3. The van der Waals surface area contributed by atoms with Gasteiger partial charge in [-0.05, 0) is 38.1 Å². The monoisotopic (exact) mass is 264 g/mol. The van der Waals surface area contributed by atoms with E-state index < -0.39 is 0 Å². The average Bonchev–Trinajstić information content (AvgIpc) is 2.45. The van der Waals surface area contributed by atoms with Gasteiger partial charge < -0.3 is 4.74 Å². The summed E-state index contributed by atoms with van der Waals surface area (Å²) in [6.07, 6.45) is 1.61. The Bertz CT molecular complexity index is 761. The number of methoxy groups -OCH3 is 1. The zero-order chi connectivity index (χ0) is 14.1. The molecule has 0 atom stereocenters. The molecule has 1 heterocycles. The first-order valence-electron chi connectivity index (χ1n) is 6.55. The molecule has 100 valence electrons. The highest BCUT2D eigenvalue weighted by Gasteiger charge is 2.08. The van der Waals surface area contributed by atoms with Crippen molar-refractivity contribution in [2.45, 2.75) is 13.8 Å². The normalized spacial score (nSPS) is 10.8. The van der Waals surface area contributed by atoms with Crippen LogP contribution in [0.15, 0.2) is 42.7 Å². The summed E-state index contributed by atoms with van der Waals surface area (Å²) in [5.41, 5.74) is 5.46. The smallest absolute Gasteiger partial charge is 0.121 e. The lowest BCUT2D eigenvalue weighted by molar-refractivity contribution is 0.415. The molecule has 20 heavy (non-hydrogen) atoms. The number of aryl methyl sites for hydroxylation is 2. The topological polar surface area (TPSA) is 35.0 Å². The second-order valence-electron chi connectivity index (χ2n) is 4.98. The first-order valence-corrected chi connectivity index (χ1v) is 6.55. The number of aromatic nitrogens is 2. The number of benzene rings is 2. The molecule has 0 fully saturated rings. The third kappa shape index (κ3) is 2.23. The lowest BCUT2D eigenvalue weighted by Crippen LogP contribution is -1.91. The van der Waals surface area contributed by atoms with Crippen LogP contribution in [0, 0.1) is 13.8 Å². The molecular formula is C17H16N2O. The highest BCUT2D eigenvalue weighted by Crippen LogP contribution is 2.28. The Labute approximate surface area is 118 Å². The fourth-order valence-corrected chi connectivity index (χ4v) is 2.51. The van der Waals surface area contributed by atoms with Crippen molar-refractivity contribution in [3.8, 4) is 17.0 Å². The van der Waals surface area contributed by atoms with Crippen LogP contribution in [0.4, 0.5) is 0 Å². The maximum absolute atomic E-state index is 5.25. The van der Waals surface area contributed by atoms with Gasteiger partial charge in [0.05, 0.1) is 18.3 Å². The fraction of sp³-hybridized carbons (Fsp3) is 0.176. The molecule has 0 aliphatic carbocycles. The second-order valence-corrected chi connectivity index (χ2v) is 4.98. The van der Waals surface area contributed by atoms with E-state index in [1.165, 1.54) is 11.1 Å². The Kier molecular flexibility index (Phi) is 3.11. The Hall–Kier alpha value is -2.42. The van der Waals surface area contributed by atoms with Gasteiger partial charge in [0.2, 0.25) is 0 Å². The Morgan fingerprint density at radius 1 is 0.900 bits per heavy atom. The van der Waals surface area contributed by atoms with Gasteiger partial charge in [-0.25, -0.2) is 9.97 Å². The van der Waals surface area contributed by atoms with Crippen LogP contribution in [0.5, 0.6) is 5.75 Å². The fourth-order valence-electron chi connectivity index (χ4n) is 2.51. The zero-order valence-electron chi connectivity index (χ0n) is 11.8. The summed E-state index contributed by atoms with van der Waals surface area (Å²) in [4.78, 5) is 8.79. The minimum Gasteiger partial charge on any atom is -0.497 e. The first kappa shape index (κ1) is 12.6. The van der Waals surface area contributed by atoms with Crippen molar-refractivity contribution in [3.05, 3.63) is 53.9 Å². The van der Waals surface area contributed by atoms with E-state index in [2.05, 4.69) is 42.0 Å². The van der Waals surface area contributed by atoms with E-state index in [1.54, 1.807) is 13.4 Å². The van der Waals surface area contributed by atoms with Crippen molar-refractivity contribution < 1.29 is 4.74 Å². The molecular weight excluding hydrogens is 248 g/mol. The second kappa shape index (κ2) is 4.93. The van der Waals surface area contributed by atoms with Crippen molar-refractivity contribution in [1.29, 1.82) is 0 Å². The third-order valence-corrected chi connectivity index (χ3v) is 3.34. The molecule has 0 radical (unpaired) electrons. The predicted molar refractivity (Wildman–Crippen MR) is 81.0 cm³/mol. The summed E-state index contributed by atoms with van der Waals surface area (Å²) in [6, 6.07) is 12.4. The van der Waals surface area contributed by atoms with Crippen LogP contribution in [0.1, 0.15) is 11.1 Å². The van der Waals surface area contributed by atoms with Gasteiger partial charge in [0.15, 0.2) is 0 Å². The van der Waals surface area contributed by atoms with Gasteiger partial charge in [0.25, 0.3) is 0 Å².